The molecule has 0 aliphatic heterocycles. The lowest BCUT2D eigenvalue weighted by molar-refractivity contribution is 0.459. The third kappa shape index (κ3) is 8.37. The second kappa shape index (κ2) is 12.5. The first-order valence-corrected chi connectivity index (χ1v) is 9.74. The zero-order valence-corrected chi connectivity index (χ0v) is 15.9. The second-order valence-electron chi connectivity index (χ2n) is 5.53. The summed E-state index contributed by atoms with van der Waals surface area (Å²) in [5.74, 6) is 6.32. The van der Waals surface area contributed by atoms with E-state index in [0.717, 1.165) is 29.6 Å². The molecule has 0 bridgehead atoms. The Balaban J connectivity index is 1.64. The molecule has 0 aliphatic carbocycles. The van der Waals surface area contributed by atoms with Crippen molar-refractivity contribution in [2.45, 2.75) is 18.8 Å². The molecule has 0 spiro atoms. The monoisotopic (exact) mass is 381 g/mol. The summed E-state index contributed by atoms with van der Waals surface area (Å²) in [6, 6.07) is 14.3. The molecule has 0 aliphatic rings. The molecule has 27 heavy (non-hydrogen) atoms. The van der Waals surface area contributed by atoms with Gasteiger partial charge in [0.2, 0.25) is 5.96 Å². The average molecular weight is 382 g/mol. The Hall–Kier alpha value is -2.87. The summed E-state index contributed by atoms with van der Waals surface area (Å²) in [6.07, 6.45) is 7.01. The smallest absolute Gasteiger partial charge is 0.205 e. The summed E-state index contributed by atoms with van der Waals surface area (Å²) in [4.78, 5) is 4.27. The number of guanidine groups is 1. The summed E-state index contributed by atoms with van der Waals surface area (Å²) >= 11 is 1.72. The zero-order chi connectivity index (χ0) is 19.2. The minimum absolute atomic E-state index is 0.328. The molecule has 140 valence electrons. The first-order valence-electron chi connectivity index (χ1n) is 8.58. The average Bonchev–Trinajstić information content (AvgIpc) is 3.14. The maximum absolute atomic E-state index is 8.66. The maximum Gasteiger partial charge on any atom is 0.205 e. The van der Waals surface area contributed by atoms with Gasteiger partial charge in [-0.05, 0) is 17.7 Å². The molecule has 6 nitrogen and oxygen atoms in total. The Bertz CT molecular complexity index is 789. The van der Waals surface area contributed by atoms with Crippen LogP contribution in [0.4, 0.5) is 0 Å². The Kier molecular flexibility index (Phi) is 9.45. The topological polar surface area (TPSA) is 85.4 Å². The first-order chi connectivity index (χ1) is 13.3. The number of benzene rings is 1. The van der Waals surface area contributed by atoms with Crippen LogP contribution >= 0.6 is 11.8 Å². The van der Waals surface area contributed by atoms with Crippen LogP contribution in [-0.2, 0) is 18.8 Å². The fraction of sp³-hybridized carbons (Fsp3) is 0.300. The third-order valence-corrected chi connectivity index (χ3v) is 4.43. The van der Waals surface area contributed by atoms with E-state index in [9.17, 15) is 0 Å². The number of terminal acetylenes is 1. The van der Waals surface area contributed by atoms with Gasteiger partial charge in [0.1, 0.15) is 11.5 Å². The number of hydrogen-bond donors (Lipinski definition) is 3. The summed E-state index contributed by atoms with van der Waals surface area (Å²) in [5.41, 5.74) is 1.25. The van der Waals surface area contributed by atoms with Crippen molar-refractivity contribution in [2.75, 3.05) is 18.8 Å². The van der Waals surface area contributed by atoms with Gasteiger partial charge in [-0.1, -0.05) is 36.3 Å². The molecule has 0 fully saturated rings. The van der Waals surface area contributed by atoms with Crippen LogP contribution in [0.25, 0.3) is 0 Å². The summed E-state index contributed by atoms with van der Waals surface area (Å²) in [7, 11) is 0. The Labute approximate surface area is 164 Å². The van der Waals surface area contributed by atoms with Crippen molar-refractivity contribution in [1.82, 2.24) is 16.0 Å². The quantitative estimate of drug-likeness (QED) is 0.146. The fourth-order valence-corrected chi connectivity index (χ4v) is 2.96. The van der Waals surface area contributed by atoms with E-state index in [-0.39, 0.29) is 0 Å². The number of nitrogens with zero attached hydrogens (tertiary/aromatic N) is 2. The molecule has 1 aromatic carbocycles. The Morgan fingerprint density at radius 1 is 1.15 bits per heavy atom. The summed E-state index contributed by atoms with van der Waals surface area (Å²) in [5, 5.41) is 17.4. The zero-order valence-electron chi connectivity index (χ0n) is 15.1. The van der Waals surface area contributed by atoms with E-state index in [2.05, 4.69) is 39.0 Å². The SMILES string of the molecule is C#CCNC(=NCCSCc1ccc(CNCc2ccccc2)o1)NC#N. The van der Waals surface area contributed by atoms with Crippen LogP contribution in [0, 0.1) is 23.8 Å². The number of nitrogens with one attached hydrogen (secondary N) is 3. The van der Waals surface area contributed by atoms with Gasteiger partial charge in [0.05, 0.1) is 25.4 Å². The normalized spacial score (nSPS) is 10.8. The lowest BCUT2D eigenvalue weighted by atomic mass is 10.2. The van der Waals surface area contributed by atoms with Gasteiger partial charge in [-0.2, -0.15) is 17.0 Å². The van der Waals surface area contributed by atoms with Crippen molar-refractivity contribution in [3.05, 3.63) is 59.5 Å². The third-order valence-electron chi connectivity index (χ3n) is 3.47. The Morgan fingerprint density at radius 3 is 2.74 bits per heavy atom. The highest BCUT2D eigenvalue weighted by Crippen LogP contribution is 2.15. The van der Waals surface area contributed by atoms with Crippen molar-refractivity contribution < 1.29 is 4.42 Å². The van der Waals surface area contributed by atoms with Crippen LogP contribution in [0.1, 0.15) is 17.1 Å². The number of aliphatic imine (C=N–C) groups is 1. The predicted octanol–water partition coefficient (Wildman–Crippen LogP) is 2.45. The second-order valence-corrected chi connectivity index (χ2v) is 6.64. The van der Waals surface area contributed by atoms with Crippen LogP contribution in [-0.4, -0.2) is 24.8 Å². The van der Waals surface area contributed by atoms with Gasteiger partial charge >= 0.3 is 0 Å². The van der Waals surface area contributed by atoms with Gasteiger partial charge in [-0.3, -0.25) is 10.3 Å². The van der Waals surface area contributed by atoms with Gasteiger partial charge in [0.25, 0.3) is 0 Å². The number of furan rings is 1. The lowest BCUT2D eigenvalue weighted by Crippen LogP contribution is -2.34. The number of nitriles is 1. The minimum atomic E-state index is 0.328. The van der Waals surface area contributed by atoms with Crippen molar-refractivity contribution in [3.63, 3.8) is 0 Å². The highest BCUT2D eigenvalue weighted by molar-refractivity contribution is 7.98. The van der Waals surface area contributed by atoms with Gasteiger partial charge in [0.15, 0.2) is 6.19 Å². The van der Waals surface area contributed by atoms with E-state index >= 15 is 0 Å². The van der Waals surface area contributed by atoms with Crippen LogP contribution in [0.15, 0.2) is 51.9 Å². The molecule has 0 radical (unpaired) electrons. The fourth-order valence-electron chi connectivity index (χ4n) is 2.24. The lowest BCUT2D eigenvalue weighted by Gasteiger charge is -2.04. The van der Waals surface area contributed by atoms with Crippen molar-refractivity contribution in [1.29, 1.82) is 5.26 Å². The van der Waals surface area contributed by atoms with E-state index in [0.29, 0.717) is 25.6 Å². The van der Waals surface area contributed by atoms with Crippen molar-refractivity contribution >= 4 is 17.7 Å². The summed E-state index contributed by atoms with van der Waals surface area (Å²) < 4.78 is 5.83. The molecule has 0 unspecified atom stereocenters. The highest BCUT2D eigenvalue weighted by Gasteiger charge is 2.03. The largest absolute Gasteiger partial charge is 0.464 e. The van der Waals surface area contributed by atoms with Gasteiger partial charge in [-0.15, -0.1) is 6.42 Å². The molecule has 2 rings (SSSR count). The number of hydrogen-bond acceptors (Lipinski definition) is 5. The summed E-state index contributed by atoms with van der Waals surface area (Å²) in [6.45, 7) is 2.43. The standard InChI is InChI=1S/C20H23N5OS/c1-2-10-23-20(25-16-21)24-11-12-27-15-19-9-8-18(26-19)14-22-13-17-6-4-3-5-7-17/h1,3-9,22H,10-15H2,(H2,23,24,25). The number of thioether (sulfide) groups is 1. The molecule has 1 aromatic heterocycles. The van der Waals surface area contributed by atoms with Crippen LogP contribution in [0.3, 0.4) is 0 Å². The maximum atomic E-state index is 8.66. The van der Waals surface area contributed by atoms with Gasteiger partial charge in [0, 0.05) is 12.3 Å². The van der Waals surface area contributed by atoms with Crippen molar-refractivity contribution in [3.8, 4) is 18.5 Å². The highest BCUT2D eigenvalue weighted by atomic mass is 32.2. The van der Waals surface area contributed by atoms with E-state index in [1.54, 1.807) is 11.8 Å². The molecule has 2 aromatic rings. The molecule has 7 heteroatoms. The van der Waals surface area contributed by atoms with Crippen LogP contribution < -0.4 is 16.0 Å². The van der Waals surface area contributed by atoms with E-state index in [1.165, 1.54) is 5.56 Å². The first kappa shape index (κ1) is 20.4. The molecule has 0 amide bonds. The van der Waals surface area contributed by atoms with Crippen LogP contribution in [0.5, 0.6) is 0 Å². The molecular formula is C20H23N5OS. The van der Waals surface area contributed by atoms with E-state index < -0.39 is 0 Å². The van der Waals surface area contributed by atoms with Gasteiger partial charge in [-0.25, -0.2) is 0 Å². The number of rotatable bonds is 10. The molecule has 1 heterocycles. The molecule has 0 saturated carbocycles. The molecule has 0 saturated heterocycles. The molecular weight excluding hydrogens is 358 g/mol. The van der Waals surface area contributed by atoms with Gasteiger partial charge < -0.3 is 15.1 Å². The predicted molar refractivity (Wildman–Crippen MR) is 110 cm³/mol. The van der Waals surface area contributed by atoms with E-state index in [1.807, 2.05) is 36.5 Å². The molecule has 0 atom stereocenters. The minimum Gasteiger partial charge on any atom is -0.464 e. The van der Waals surface area contributed by atoms with Crippen LogP contribution in [0.2, 0.25) is 0 Å². The molecule has 3 N–H and O–H groups in total. The van der Waals surface area contributed by atoms with E-state index in [4.69, 9.17) is 16.1 Å². The van der Waals surface area contributed by atoms with Crippen molar-refractivity contribution in [2.24, 2.45) is 4.99 Å². The Morgan fingerprint density at radius 2 is 1.96 bits per heavy atom.